The smallest absolute Gasteiger partial charge is 0.328 e. The SMILES string of the molecule is O=C(O)CCC(=O)NC(=O)N1CCCc2ccccc21. The third-order valence-corrected chi connectivity index (χ3v) is 3.17. The zero-order valence-corrected chi connectivity index (χ0v) is 11.0. The van der Waals surface area contributed by atoms with Gasteiger partial charge in [-0.05, 0) is 24.5 Å². The summed E-state index contributed by atoms with van der Waals surface area (Å²) in [6, 6.07) is 7.07. The van der Waals surface area contributed by atoms with Crippen LogP contribution in [0, 0.1) is 0 Å². The standard InChI is InChI=1S/C14H16N2O4/c17-12(7-8-13(18)19)15-14(20)16-9-3-5-10-4-1-2-6-11(10)16/h1-2,4,6H,3,5,7-9H2,(H,18,19)(H,15,17,20). The van der Waals surface area contributed by atoms with E-state index in [0.717, 1.165) is 24.1 Å². The maximum atomic E-state index is 12.1. The van der Waals surface area contributed by atoms with Crippen molar-refractivity contribution in [3.05, 3.63) is 29.8 Å². The summed E-state index contributed by atoms with van der Waals surface area (Å²) in [6.07, 6.45) is 1.27. The van der Waals surface area contributed by atoms with Gasteiger partial charge in [0, 0.05) is 18.7 Å². The van der Waals surface area contributed by atoms with Crippen LogP contribution in [0.1, 0.15) is 24.8 Å². The van der Waals surface area contributed by atoms with E-state index in [9.17, 15) is 14.4 Å². The first-order valence-corrected chi connectivity index (χ1v) is 6.49. The predicted octanol–water partition coefficient (Wildman–Crippen LogP) is 1.54. The number of rotatable bonds is 3. The lowest BCUT2D eigenvalue weighted by Gasteiger charge is -2.29. The van der Waals surface area contributed by atoms with E-state index in [1.165, 1.54) is 4.90 Å². The summed E-state index contributed by atoms with van der Waals surface area (Å²) in [4.78, 5) is 35.5. The zero-order valence-electron chi connectivity index (χ0n) is 11.0. The van der Waals surface area contributed by atoms with Crippen molar-refractivity contribution < 1.29 is 19.5 Å². The average Bonchev–Trinajstić information content (AvgIpc) is 2.44. The van der Waals surface area contributed by atoms with E-state index < -0.39 is 17.9 Å². The van der Waals surface area contributed by atoms with Crippen molar-refractivity contribution in [2.75, 3.05) is 11.4 Å². The number of carboxylic acids is 1. The van der Waals surface area contributed by atoms with Crippen LogP contribution in [-0.4, -0.2) is 29.6 Å². The Hall–Kier alpha value is -2.37. The van der Waals surface area contributed by atoms with Gasteiger partial charge in [0.05, 0.1) is 6.42 Å². The van der Waals surface area contributed by atoms with Crippen LogP contribution in [0.25, 0.3) is 0 Å². The molecule has 0 unspecified atom stereocenters. The second-order valence-electron chi connectivity index (χ2n) is 4.63. The van der Waals surface area contributed by atoms with E-state index in [1.54, 1.807) is 0 Å². The number of hydrogen-bond acceptors (Lipinski definition) is 3. The number of benzene rings is 1. The molecule has 1 aliphatic heterocycles. The van der Waals surface area contributed by atoms with Crippen molar-refractivity contribution in [2.24, 2.45) is 0 Å². The van der Waals surface area contributed by atoms with Gasteiger partial charge in [-0.2, -0.15) is 0 Å². The van der Waals surface area contributed by atoms with Crippen LogP contribution in [0.4, 0.5) is 10.5 Å². The molecule has 1 aromatic carbocycles. The number of anilines is 1. The normalized spacial score (nSPS) is 13.5. The van der Waals surface area contributed by atoms with Gasteiger partial charge in [0.15, 0.2) is 0 Å². The summed E-state index contributed by atoms with van der Waals surface area (Å²) in [5, 5.41) is 10.7. The Morgan fingerprint density at radius 3 is 2.70 bits per heavy atom. The molecular weight excluding hydrogens is 260 g/mol. The maximum absolute atomic E-state index is 12.1. The van der Waals surface area contributed by atoms with Crippen LogP contribution in [0.5, 0.6) is 0 Å². The van der Waals surface area contributed by atoms with Gasteiger partial charge in [-0.1, -0.05) is 18.2 Å². The minimum atomic E-state index is -1.06. The number of aliphatic carboxylic acids is 1. The van der Waals surface area contributed by atoms with E-state index in [4.69, 9.17) is 5.11 Å². The van der Waals surface area contributed by atoms with Crippen molar-refractivity contribution >= 4 is 23.6 Å². The Kier molecular flexibility index (Phi) is 4.34. The van der Waals surface area contributed by atoms with E-state index in [-0.39, 0.29) is 12.8 Å². The fourth-order valence-corrected chi connectivity index (χ4v) is 2.21. The number of amides is 3. The fraction of sp³-hybridized carbons (Fsp3) is 0.357. The number of carbonyl (C=O) groups is 3. The molecule has 0 aliphatic carbocycles. The number of urea groups is 1. The van der Waals surface area contributed by atoms with Crippen molar-refractivity contribution in [1.29, 1.82) is 0 Å². The van der Waals surface area contributed by atoms with Gasteiger partial charge in [0.2, 0.25) is 5.91 Å². The molecule has 106 valence electrons. The summed E-state index contributed by atoms with van der Waals surface area (Å²) < 4.78 is 0. The van der Waals surface area contributed by atoms with Crippen molar-refractivity contribution in [3.8, 4) is 0 Å². The van der Waals surface area contributed by atoms with Crippen LogP contribution in [-0.2, 0) is 16.0 Å². The number of carboxylic acid groups (broad SMARTS) is 1. The van der Waals surface area contributed by atoms with Gasteiger partial charge in [-0.25, -0.2) is 4.79 Å². The van der Waals surface area contributed by atoms with Crippen molar-refractivity contribution in [3.63, 3.8) is 0 Å². The summed E-state index contributed by atoms with van der Waals surface area (Å²) in [5.74, 6) is -1.63. The van der Waals surface area contributed by atoms with E-state index in [0.29, 0.717) is 6.54 Å². The molecule has 6 heteroatoms. The Balaban J connectivity index is 2.00. The molecule has 0 bridgehead atoms. The van der Waals surface area contributed by atoms with Gasteiger partial charge in [0.25, 0.3) is 0 Å². The van der Waals surface area contributed by atoms with Crippen LogP contribution >= 0.6 is 0 Å². The molecule has 0 saturated heterocycles. The number of imide groups is 1. The number of nitrogens with one attached hydrogen (secondary N) is 1. The molecule has 2 N–H and O–H groups in total. The van der Waals surface area contributed by atoms with E-state index in [2.05, 4.69) is 5.32 Å². The number of aryl methyl sites for hydroxylation is 1. The second-order valence-corrected chi connectivity index (χ2v) is 4.63. The van der Waals surface area contributed by atoms with Gasteiger partial charge in [-0.3, -0.25) is 19.8 Å². The van der Waals surface area contributed by atoms with E-state index >= 15 is 0 Å². The van der Waals surface area contributed by atoms with Crippen LogP contribution in [0.2, 0.25) is 0 Å². The monoisotopic (exact) mass is 276 g/mol. The quantitative estimate of drug-likeness (QED) is 0.876. The summed E-state index contributed by atoms with van der Waals surface area (Å²) in [6.45, 7) is 0.551. The lowest BCUT2D eigenvalue weighted by molar-refractivity contribution is -0.138. The molecule has 0 radical (unpaired) electrons. The minimum absolute atomic E-state index is 0.198. The lowest BCUT2D eigenvalue weighted by atomic mass is 10.0. The average molecular weight is 276 g/mol. The van der Waals surface area contributed by atoms with Crippen LogP contribution < -0.4 is 10.2 Å². The topological polar surface area (TPSA) is 86.7 Å². The largest absolute Gasteiger partial charge is 0.481 e. The fourth-order valence-electron chi connectivity index (χ4n) is 2.21. The third-order valence-electron chi connectivity index (χ3n) is 3.17. The molecule has 0 saturated carbocycles. The lowest BCUT2D eigenvalue weighted by Crippen LogP contribution is -2.45. The molecule has 20 heavy (non-hydrogen) atoms. The first-order valence-electron chi connectivity index (χ1n) is 6.49. The first kappa shape index (κ1) is 14.0. The number of hydrogen-bond donors (Lipinski definition) is 2. The van der Waals surface area contributed by atoms with Crippen molar-refractivity contribution in [1.82, 2.24) is 5.32 Å². The highest BCUT2D eigenvalue weighted by Gasteiger charge is 2.23. The zero-order chi connectivity index (χ0) is 14.5. The highest BCUT2D eigenvalue weighted by molar-refractivity contribution is 6.03. The molecule has 0 atom stereocenters. The molecule has 2 rings (SSSR count). The number of carbonyl (C=O) groups excluding carboxylic acids is 2. The molecule has 6 nitrogen and oxygen atoms in total. The van der Waals surface area contributed by atoms with Gasteiger partial charge in [-0.15, -0.1) is 0 Å². The molecule has 0 fully saturated rings. The predicted molar refractivity (Wildman–Crippen MR) is 72.5 cm³/mol. The second kappa shape index (κ2) is 6.18. The first-order chi connectivity index (χ1) is 9.58. The van der Waals surface area contributed by atoms with Gasteiger partial charge < -0.3 is 5.11 Å². The number of nitrogens with zero attached hydrogens (tertiary/aromatic N) is 1. The Bertz CT molecular complexity index is 542. The third kappa shape index (κ3) is 3.34. The van der Waals surface area contributed by atoms with Crippen LogP contribution in [0.15, 0.2) is 24.3 Å². The minimum Gasteiger partial charge on any atom is -0.481 e. The molecule has 1 heterocycles. The maximum Gasteiger partial charge on any atom is 0.328 e. The Morgan fingerprint density at radius 1 is 1.20 bits per heavy atom. The van der Waals surface area contributed by atoms with E-state index in [1.807, 2.05) is 24.3 Å². The molecule has 0 aromatic heterocycles. The molecular formula is C14H16N2O4. The number of para-hydroxylation sites is 1. The summed E-state index contributed by atoms with van der Waals surface area (Å²) >= 11 is 0. The Morgan fingerprint density at radius 2 is 1.95 bits per heavy atom. The summed E-state index contributed by atoms with van der Waals surface area (Å²) in [5.41, 5.74) is 1.88. The highest BCUT2D eigenvalue weighted by Crippen LogP contribution is 2.26. The summed E-state index contributed by atoms with van der Waals surface area (Å²) in [7, 11) is 0. The van der Waals surface area contributed by atoms with Crippen molar-refractivity contribution in [2.45, 2.75) is 25.7 Å². The molecule has 1 aliphatic rings. The molecule has 0 spiro atoms. The highest BCUT2D eigenvalue weighted by atomic mass is 16.4. The molecule has 1 aromatic rings. The van der Waals surface area contributed by atoms with Crippen LogP contribution in [0.3, 0.4) is 0 Å². The van der Waals surface area contributed by atoms with Gasteiger partial charge in [0.1, 0.15) is 0 Å². The van der Waals surface area contributed by atoms with Gasteiger partial charge >= 0.3 is 12.0 Å². The number of fused-ring (bicyclic) bond motifs is 1. The Labute approximate surface area is 116 Å². The molecule has 3 amide bonds.